The molecule has 6 aromatic rings. The molecule has 2 aromatic heterocycles. The Labute approximate surface area is 175 Å². The molecule has 0 atom stereocenters. The third-order valence-electron chi connectivity index (χ3n) is 5.31. The Morgan fingerprint density at radius 2 is 1.55 bits per heavy atom. The Morgan fingerprint density at radius 3 is 2.41 bits per heavy atom. The van der Waals surface area contributed by atoms with Gasteiger partial charge in [0, 0.05) is 26.3 Å². The Balaban J connectivity index is 1.58. The molecule has 6 rings (SSSR count). The number of nitrogens with one attached hydrogen (secondary N) is 1. The lowest BCUT2D eigenvalue weighted by atomic mass is 10.0. The first-order valence-corrected chi connectivity index (χ1v) is 10.2. The number of oxazole rings is 1. The number of nitrogens with zero attached hydrogens (tertiary/aromatic N) is 1. The number of fused-ring (bicyclic) bond motifs is 5. The third kappa shape index (κ3) is 2.68. The minimum atomic E-state index is 0.640. The Hall–Kier alpha value is -3.37. The van der Waals surface area contributed by atoms with Crippen molar-refractivity contribution in [1.29, 1.82) is 0 Å². The van der Waals surface area contributed by atoms with E-state index < -0.39 is 0 Å². The summed E-state index contributed by atoms with van der Waals surface area (Å²) in [6, 6.07) is 29.0. The van der Waals surface area contributed by atoms with E-state index in [1.54, 1.807) is 0 Å². The second-order valence-electron chi connectivity index (χ2n) is 7.12. The molecule has 2 heterocycles. The van der Waals surface area contributed by atoms with Crippen LogP contribution in [0.25, 0.3) is 55.5 Å². The normalized spacial score (nSPS) is 11.6. The van der Waals surface area contributed by atoms with Crippen LogP contribution >= 0.6 is 15.9 Å². The van der Waals surface area contributed by atoms with Crippen LogP contribution in [-0.2, 0) is 0 Å². The molecule has 4 aromatic carbocycles. The number of hydrogen-bond donors (Lipinski definition) is 1. The number of benzene rings is 4. The summed E-state index contributed by atoms with van der Waals surface area (Å²) in [5.41, 5.74) is 7.06. The molecule has 0 bridgehead atoms. The fourth-order valence-corrected chi connectivity index (χ4v) is 4.30. The number of halogens is 1. The average Bonchev–Trinajstić information content (AvgIpc) is 3.35. The Bertz CT molecular complexity index is 1510. The van der Waals surface area contributed by atoms with Crippen molar-refractivity contribution in [3.8, 4) is 22.6 Å². The van der Waals surface area contributed by atoms with Crippen LogP contribution in [0, 0.1) is 0 Å². The molecule has 0 aliphatic carbocycles. The van der Waals surface area contributed by atoms with Crippen LogP contribution in [0.1, 0.15) is 0 Å². The number of aromatic amines is 1. The van der Waals surface area contributed by atoms with E-state index in [2.05, 4.69) is 68.4 Å². The lowest BCUT2D eigenvalue weighted by Crippen LogP contribution is -1.78. The first-order valence-electron chi connectivity index (χ1n) is 9.43. The summed E-state index contributed by atoms with van der Waals surface area (Å²) in [5, 5.41) is 2.32. The smallest absolute Gasteiger partial charge is 0.227 e. The molecule has 1 N–H and O–H groups in total. The second kappa shape index (κ2) is 6.33. The summed E-state index contributed by atoms with van der Waals surface area (Å²) in [7, 11) is 0. The lowest BCUT2D eigenvalue weighted by Gasteiger charge is -2.03. The first-order chi connectivity index (χ1) is 14.3. The molecule has 4 heteroatoms. The quantitative estimate of drug-likeness (QED) is 0.303. The van der Waals surface area contributed by atoms with E-state index in [1.165, 1.54) is 16.5 Å². The highest BCUT2D eigenvalue weighted by Crippen LogP contribution is 2.35. The van der Waals surface area contributed by atoms with Crippen LogP contribution in [0.4, 0.5) is 0 Å². The van der Waals surface area contributed by atoms with Crippen molar-refractivity contribution in [2.75, 3.05) is 0 Å². The van der Waals surface area contributed by atoms with Crippen molar-refractivity contribution < 1.29 is 4.42 Å². The van der Waals surface area contributed by atoms with Crippen molar-refractivity contribution >= 4 is 48.8 Å². The van der Waals surface area contributed by atoms with Gasteiger partial charge in [0.2, 0.25) is 5.89 Å². The molecule has 0 amide bonds. The summed E-state index contributed by atoms with van der Waals surface area (Å²) < 4.78 is 7.25. The highest BCUT2D eigenvalue weighted by Gasteiger charge is 2.15. The molecule has 0 unspecified atom stereocenters. The summed E-state index contributed by atoms with van der Waals surface area (Å²) in [4.78, 5) is 8.22. The summed E-state index contributed by atoms with van der Waals surface area (Å²) in [6.45, 7) is 0. The van der Waals surface area contributed by atoms with Gasteiger partial charge in [-0.3, -0.25) is 0 Å². The molecular formula is C25H15BrN2O. The van der Waals surface area contributed by atoms with Crippen molar-refractivity contribution in [2.24, 2.45) is 0 Å². The van der Waals surface area contributed by atoms with E-state index in [-0.39, 0.29) is 0 Å². The second-order valence-corrected chi connectivity index (χ2v) is 8.03. The van der Waals surface area contributed by atoms with Gasteiger partial charge in [-0.1, -0.05) is 52.3 Å². The summed E-state index contributed by atoms with van der Waals surface area (Å²) in [6.07, 6.45) is 0. The first kappa shape index (κ1) is 16.6. The fourth-order valence-electron chi connectivity index (χ4n) is 3.90. The fraction of sp³-hybridized carbons (Fsp3) is 0. The van der Waals surface area contributed by atoms with E-state index in [0.717, 1.165) is 37.6 Å². The van der Waals surface area contributed by atoms with Gasteiger partial charge < -0.3 is 9.40 Å². The zero-order valence-corrected chi connectivity index (χ0v) is 16.9. The van der Waals surface area contributed by atoms with Crippen LogP contribution in [0.3, 0.4) is 0 Å². The zero-order chi connectivity index (χ0) is 19.4. The predicted molar refractivity (Wildman–Crippen MR) is 122 cm³/mol. The van der Waals surface area contributed by atoms with Crippen LogP contribution < -0.4 is 0 Å². The summed E-state index contributed by atoms with van der Waals surface area (Å²) >= 11 is 3.56. The molecule has 0 aliphatic heterocycles. The highest BCUT2D eigenvalue weighted by atomic mass is 79.9. The number of aromatic nitrogens is 2. The van der Waals surface area contributed by atoms with Gasteiger partial charge in [0.05, 0.1) is 5.52 Å². The molecule has 0 spiro atoms. The van der Waals surface area contributed by atoms with Crippen LogP contribution in [0.5, 0.6) is 0 Å². The van der Waals surface area contributed by atoms with Crippen molar-refractivity contribution in [3.05, 3.63) is 89.4 Å². The summed E-state index contributed by atoms with van der Waals surface area (Å²) in [5.74, 6) is 0.640. The number of hydrogen-bond acceptors (Lipinski definition) is 2. The average molecular weight is 439 g/mol. The number of rotatable bonds is 2. The molecule has 0 fully saturated rings. The molecule has 138 valence electrons. The van der Waals surface area contributed by atoms with Gasteiger partial charge in [0.25, 0.3) is 0 Å². The minimum absolute atomic E-state index is 0.640. The molecule has 0 saturated heterocycles. The standard InChI is InChI=1S/C25H15BrN2O/c26-18-8-4-7-16(13-18)17-9-11-21-20(14-17)19-10-12-22-24(23(19)27-21)29-25(28-22)15-5-2-1-3-6-15/h1-14,27H. The van der Waals surface area contributed by atoms with Gasteiger partial charge in [-0.15, -0.1) is 0 Å². The van der Waals surface area contributed by atoms with Gasteiger partial charge in [-0.25, -0.2) is 4.98 Å². The molecule has 3 nitrogen and oxygen atoms in total. The lowest BCUT2D eigenvalue weighted by molar-refractivity contribution is 0.622. The maximum absolute atomic E-state index is 6.18. The van der Waals surface area contributed by atoms with Crippen molar-refractivity contribution in [2.45, 2.75) is 0 Å². The van der Waals surface area contributed by atoms with E-state index >= 15 is 0 Å². The third-order valence-corrected chi connectivity index (χ3v) is 5.80. The van der Waals surface area contributed by atoms with E-state index in [9.17, 15) is 0 Å². The predicted octanol–water partition coefficient (Wildman–Crippen LogP) is 7.56. The van der Waals surface area contributed by atoms with Gasteiger partial charge in [-0.2, -0.15) is 0 Å². The van der Waals surface area contributed by atoms with E-state index in [1.807, 2.05) is 42.5 Å². The van der Waals surface area contributed by atoms with Gasteiger partial charge in [0.15, 0.2) is 5.58 Å². The number of H-pyrrole nitrogens is 1. The molecular weight excluding hydrogens is 424 g/mol. The maximum Gasteiger partial charge on any atom is 0.227 e. The minimum Gasteiger partial charge on any atom is -0.434 e. The largest absolute Gasteiger partial charge is 0.434 e. The zero-order valence-electron chi connectivity index (χ0n) is 15.3. The van der Waals surface area contributed by atoms with E-state index in [4.69, 9.17) is 4.42 Å². The van der Waals surface area contributed by atoms with Crippen LogP contribution in [0.2, 0.25) is 0 Å². The van der Waals surface area contributed by atoms with Gasteiger partial charge >= 0.3 is 0 Å². The van der Waals surface area contributed by atoms with E-state index in [0.29, 0.717) is 5.89 Å². The molecule has 0 saturated carbocycles. The molecule has 0 radical (unpaired) electrons. The highest BCUT2D eigenvalue weighted by molar-refractivity contribution is 9.10. The van der Waals surface area contributed by atoms with Crippen LogP contribution in [0.15, 0.2) is 93.8 Å². The topological polar surface area (TPSA) is 41.8 Å². The SMILES string of the molecule is Brc1cccc(-c2ccc3[nH]c4c(ccc5nc(-c6ccccc6)oc54)c3c2)c1. The van der Waals surface area contributed by atoms with Gasteiger partial charge in [0.1, 0.15) is 5.52 Å². The molecule has 29 heavy (non-hydrogen) atoms. The Morgan fingerprint density at radius 1 is 0.724 bits per heavy atom. The Kier molecular flexibility index (Phi) is 3.61. The monoisotopic (exact) mass is 438 g/mol. The maximum atomic E-state index is 6.18. The van der Waals surface area contributed by atoms with Gasteiger partial charge in [-0.05, 0) is 59.7 Å². The van der Waals surface area contributed by atoms with Crippen molar-refractivity contribution in [1.82, 2.24) is 9.97 Å². The molecule has 0 aliphatic rings. The van der Waals surface area contributed by atoms with Crippen LogP contribution in [-0.4, -0.2) is 9.97 Å². The van der Waals surface area contributed by atoms with Crippen molar-refractivity contribution in [3.63, 3.8) is 0 Å².